The molecule has 0 saturated heterocycles. The van der Waals surface area contributed by atoms with E-state index in [9.17, 15) is 0 Å². The van der Waals surface area contributed by atoms with E-state index >= 15 is 0 Å². The molecule has 1 aliphatic rings. The largest absolute Gasteiger partial charge is 0.182 e. The van der Waals surface area contributed by atoms with Crippen LogP contribution in [0.1, 0.15) is 0 Å². The van der Waals surface area contributed by atoms with Crippen LogP contribution in [-0.2, 0) is 0 Å². The molecule has 0 bridgehead atoms. The lowest BCUT2D eigenvalue weighted by molar-refractivity contribution is 1.65. The van der Waals surface area contributed by atoms with E-state index in [-0.39, 0.29) is 0 Å². The van der Waals surface area contributed by atoms with Crippen molar-refractivity contribution in [2.24, 2.45) is 0 Å². The molecule has 0 saturated carbocycles. The Labute approximate surface area is 182 Å². The maximum Gasteiger partial charge on any atom is 0.182 e. The van der Waals surface area contributed by atoms with Gasteiger partial charge in [0.1, 0.15) is 0 Å². The van der Waals surface area contributed by atoms with Crippen LogP contribution < -0.4 is 20.7 Å². The predicted molar refractivity (Wildman–Crippen MR) is 129 cm³/mol. The molecule has 3 heteroatoms. The molecule has 0 spiro atoms. The van der Waals surface area contributed by atoms with Gasteiger partial charge in [-0.25, -0.2) is 0 Å². The molecule has 0 atom stereocenters. The summed E-state index contributed by atoms with van der Waals surface area (Å²) in [4.78, 5) is 0. The van der Waals surface area contributed by atoms with Gasteiger partial charge in [0.05, 0.1) is 0 Å². The minimum absolute atomic E-state index is 1.21. The van der Waals surface area contributed by atoms with Gasteiger partial charge in [-0.15, -0.1) is 0 Å². The van der Waals surface area contributed by atoms with Crippen molar-refractivity contribution in [3.05, 3.63) is 105 Å². The van der Waals surface area contributed by atoms with Crippen LogP contribution in [0.2, 0.25) is 0 Å². The third-order valence-corrected chi connectivity index (χ3v) is 12.1. The van der Waals surface area contributed by atoms with Crippen LogP contribution in [0.15, 0.2) is 102 Å². The van der Waals surface area contributed by atoms with Gasteiger partial charge in [0.15, 0.2) is 8.07 Å². The molecule has 0 nitrogen and oxygen atoms in total. The average Bonchev–Trinajstić information content (AvgIpc) is 3.01. The van der Waals surface area contributed by atoms with Crippen molar-refractivity contribution in [1.29, 1.82) is 0 Å². The van der Waals surface area contributed by atoms with Crippen molar-refractivity contribution in [3.8, 4) is 11.1 Å². The van der Waals surface area contributed by atoms with Crippen LogP contribution in [0.25, 0.3) is 11.1 Å². The summed E-state index contributed by atoms with van der Waals surface area (Å²) in [5.41, 5.74) is 2.76. The first-order valence-electron chi connectivity index (χ1n) is 8.93. The predicted octanol–water partition coefficient (Wildman–Crippen LogP) is 4.41. The van der Waals surface area contributed by atoms with Gasteiger partial charge >= 0.3 is 0 Å². The molecule has 0 aromatic heterocycles. The Hall–Kier alpha value is -1.69. The maximum atomic E-state index is 3.93. The molecule has 0 fully saturated rings. The van der Waals surface area contributed by atoms with Crippen molar-refractivity contribution in [2.75, 3.05) is 0 Å². The molecule has 0 N–H and O–H groups in total. The van der Waals surface area contributed by atoms with Crippen LogP contribution >= 0.6 is 38.5 Å². The molecule has 1 heterocycles. The van der Waals surface area contributed by atoms with Crippen molar-refractivity contribution in [2.45, 2.75) is 0 Å². The van der Waals surface area contributed by atoms with Gasteiger partial charge in [-0.2, -0.15) is 0 Å². The lowest BCUT2D eigenvalue weighted by atomic mass is 10.1. The summed E-state index contributed by atoms with van der Waals surface area (Å²) in [6, 6.07) is 35.8. The zero-order valence-corrected chi connectivity index (χ0v) is 19.2. The third-order valence-electron chi connectivity index (χ3n) is 5.48. The smallest absolute Gasteiger partial charge is 0.0623 e. The number of fused-ring (bicyclic) bond motifs is 3. The maximum absolute atomic E-state index is 3.93. The summed E-state index contributed by atoms with van der Waals surface area (Å²) in [5, 5.41) is 5.83. The quantitative estimate of drug-likeness (QED) is 0.231. The highest BCUT2D eigenvalue weighted by Gasteiger charge is 2.49. The van der Waals surface area contributed by atoms with E-state index in [1.165, 1.54) is 39.9 Å². The SMILES string of the molecule is Brc1cccc2c1[Si](c1ccccc1)(c1ccccc1)c1ccc(I)cc1-2. The van der Waals surface area contributed by atoms with Gasteiger partial charge in [-0.3, -0.25) is 0 Å². The highest BCUT2D eigenvalue weighted by atomic mass is 127. The zero-order valence-electron chi connectivity index (χ0n) is 14.5. The van der Waals surface area contributed by atoms with Crippen LogP contribution in [0.5, 0.6) is 0 Å². The lowest BCUT2D eigenvalue weighted by Crippen LogP contribution is -2.73. The van der Waals surface area contributed by atoms with E-state index in [0.717, 1.165) is 0 Å². The number of benzene rings is 4. The Balaban J connectivity index is 2.01. The first kappa shape index (κ1) is 17.4. The van der Waals surface area contributed by atoms with Gasteiger partial charge in [-0.05, 0) is 72.7 Å². The molecule has 5 rings (SSSR count). The van der Waals surface area contributed by atoms with Gasteiger partial charge in [0.2, 0.25) is 0 Å². The van der Waals surface area contributed by atoms with Crippen molar-refractivity contribution >= 4 is 67.3 Å². The Kier molecular flexibility index (Phi) is 4.34. The highest BCUT2D eigenvalue weighted by Crippen LogP contribution is 2.32. The van der Waals surface area contributed by atoms with Crippen molar-refractivity contribution < 1.29 is 0 Å². The Morgan fingerprint density at radius 3 is 1.89 bits per heavy atom. The zero-order chi connectivity index (χ0) is 18.4. The molecular formula is C24H16BrISi. The normalized spacial score (nSPS) is 13.9. The van der Waals surface area contributed by atoms with E-state index in [4.69, 9.17) is 0 Å². The Morgan fingerprint density at radius 1 is 0.630 bits per heavy atom. The Morgan fingerprint density at radius 2 is 1.26 bits per heavy atom. The first-order valence-corrected chi connectivity index (χ1v) is 12.8. The van der Waals surface area contributed by atoms with Gasteiger partial charge in [0, 0.05) is 8.04 Å². The highest BCUT2D eigenvalue weighted by molar-refractivity contribution is 14.1. The Bertz CT molecular complexity index is 1100. The fraction of sp³-hybridized carbons (Fsp3) is 0. The van der Waals surface area contributed by atoms with Crippen LogP contribution in [0.3, 0.4) is 0 Å². The molecule has 4 aromatic carbocycles. The summed E-state index contributed by atoms with van der Waals surface area (Å²) in [7, 11) is -2.34. The lowest BCUT2D eigenvalue weighted by Gasteiger charge is -2.32. The van der Waals surface area contributed by atoms with Gasteiger partial charge < -0.3 is 0 Å². The second-order valence-corrected chi connectivity index (χ2v) is 12.6. The van der Waals surface area contributed by atoms with Crippen LogP contribution in [0.4, 0.5) is 0 Å². The minimum atomic E-state index is -2.34. The summed E-state index contributed by atoms with van der Waals surface area (Å²) in [6.45, 7) is 0. The first-order chi connectivity index (χ1) is 13.2. The van der Waals surface area contributed by atoms with E-state index in [1.54, 1.807) is 0 Å². The van der Waals surface area contributed by atoms with Gasteiger partial charge in [0.25, 0.3) is 0 Å². The molecule has 0 unspecified atom stereocenters. The van der Waals surface area contributed by atoms with E-state index in [0.29, 0.717) is 0 Å². The monoisotopic (exact) mass is 538 g/mol. The fourth-order valence-corrected chi connectivity index (χ4v) is 11.4. The summed E-state index contributed by atoms with van der Waals surface area (Å²) in [5.74, 6) is 0. The second kappa shape index (κ2) is 6.73. The molecule has 0 radical (unpaired) electrons. The van der Waals surface area contributed by atoms with Crippen LogP contribution in [0, 0.1) is 3.57 Å². The number of hydrogen-bond acceptors (Lipinski definition) is 0. The molecule has 0 amide bonds. The second-order valence-electron chi connectivity index (χ2n) is 6.83. The standard InChI is InChI=1S/C24H16BrISi/c25-22-13-7-12-20-21-16-17(26)14-15-23(21)27(24(20)22,18-8-3-1-4-9-18)19-10-5-2-6-11-19/h1-16H. The molecule has 0 aliphatic carbocycles. The van der Waals surface area contributed by atoms with E-state index < -0.39 is 8.07 Å². The fourth-order valence-electron chi connectivity index (χ4n) is 4.47. The van der Waals surface area contributed by atoms with Gasteiger partial charge in [-0.1, -0.05) is 94.8 Å². The number of rotatable bonds is 2. The topological polar surface area (TPSA) is 0 Å². The molecule has 4 aromatic rings. The van der Waals surface area contributed by atoms with E-state index in [1.807, 2.05) is 0 Å². The van der Waals surface area contributed by atoms with Crippen LogP contribution in [-0.4, -0.2) is 8.07 Å². The summed E-state index contributed by atoms with van der Waals surface area (Å²) in [6.07, 6.45) is 0. The van der Waals surface area contributed by atoms with E-state index in [2.05, 4.69) is 136 Å². The molecule has 1 aliphatic heterocycles. The summed E-state index contributed by atoms with van der Waals surface area (Å²) < 4.78 is 2.49. The molecule has 130 valence electrons. The average molecular weight is 539 g/mol. The number of halogens is 2. The third kappa shape index (κ3) is 2.52. The summed E-state index contributed by atoms with van der Waals surface area (Å²) >= 11 is 6.35. The number of hydrogen-bond donors (Lipinski definition) is 0. The van der Waals surface area contributed by atoms with Crippen molar-refractivity contribution in [3.63, 3.8) is 0 Å². The van der Waals surface area contributed by atoms with Crippen molar-refractivity contribution in [1.82, 2.24) is 0 Å². The minimum Gasteiger partial charge on any atom is -0.0623 e. The molecular weight excluding hydrogens is 523 g/mol. The molecule has 27 heavy (non-hydrogen) atoms.